The van der Waals surface area contributed by atoms with Gasteiger partial charge in [0, 0.05) is 16.8 Å². The predicted octanol–water partition coefficient (Wildman–Crippen LogP) is 3.12. The lowest BCUT2D eigenvalue weighted by Gasteiger charge is -2.04. The average Bonchev–Trinajstić information content (AvgIpc) is 2.71. The first-order valence-electron chi connectivity index (χ1n) is 4.94. The highest BCUT2D eigenvalue weighted by atomic mass is 79.9. The first kappa shape index (κ1) is 11.6. The monoisotopic (exact) mass is 299 g/mol. The normalized spacial score (nSPS) is 10.7. The van der Waals surface area contributed by atoms with E-state index in [1.807, 2.05) is 31.3 Å². The molecule has 0 N–H and O–H groups in total. The summed E-state index contributed by atoms with van der Waals surface area (Å²) in [5.41, 5.74) is 3.10. The average molecular weight is 301 g/mol. The minimum Gasteiger partial charge on any atom is -0.220 e. The molecule has 0 saturated carbocycles. The first-order valence-corrected chi connectivity index (χ1v) is 6.27. The van der Waals surface area contributed by atoms with Crippen LogP contribution >= 0.6 is 27.5 Å². The van der Waals surface area contributed by atoms with E-state index >= 15 is 0 Å². The fourth-order valence-electron chi connectivity index (χ4n) is 1.46. The lowest BCUT2D eigenvalue weighted by atomic mass is 10.2. The van der Waals surface area contributed by atoms with E-state index in [4.69, 9.17) is 11.6 Å². The molecule has 0 aliphatic carbocycles. The van der Waals surface area contributed by atoms with Gasteiger partial charge in [-0.2, -0.15) is 0 Å². The molecule has 1 aromatic heterocycles. The van der Waals surface area contributed by atoms with Gasteiger partial charge in [-0.15, -0.1) is 16.7 Å². The molecule has 0 radical (unpaired) electrons. The molecule has 0 bridgehead atoms. The molecule has 0 fully saturated rings. The van der Waals surface area contributed by atoms with E-state index in [-0.39, 0.29) is 0 Å². The molecule has 0 amide bonds. The maximum Gasteiger partial charge on any atom is 0.0843 e. The van der Waals surface area contributed by atoms with Gasteiger partial charge in [-0.25, -0.2) is 4.68 Å². The van der Waals surface area contributed by atoms with Gasteiger partial charge in [-0.05, 0) is 24.6 Å². The van der Waals surface area contributed by atoms with Crippen LogP contribution in [-0.2, 0) is 6.42 Å². The van der Waals surface area contributed by atoms with E-state index in [2.05, 4.69) is 26.2 Å². The van der Waals surface area contributed by atoms with Crippen molar-refractivity contribution in [2.45, 2.75) is 13.3 Å². The summed E-state index contributed by atoms with van der Waals surface area (Å²) in [6, 6.07) is 6.08. The Morgan fingerprint density at radius 1 is 1.44 bits per heavy atom. The molecule has 5 heteroatoms. The standard InChI is InChI=1S/C11H11BrClN3/c1-8-2-3-9(12)6-11(8)16-7-10(4-5-13)14-15-16/h2-3,6-7H,4-5H2,1H3. The molecule has 0 aliphatic rings. The van der Waals surface area contributed by atoms with Gasteiger partial charge < -0.3 is 0 Å². The number of hydrogen-bond acceptors (Lipinski definition) is 2. The van der Waals surface area contributed by atoms with Crippen LogP contribution in [0.25, 0.3) is 5.69 Å². The van der Waals surface area contributed by atoms with Gasteiger partial charge in [-0.1, -0.05) is 27.2 Å². The van der Waals surface area contributed by atoms with Gasteiger partial charge in [0.1, 0.15) is 0 Å². The van der Waals surface area contributed by atoms with Crippen molar-refractivity contribution >= 4 is 27.5 Å². The van der Waals surface area contributed by atoms with E-state index in [9.17, 15) is 0 Å². The molecule has 16 heavy (non-hydrogen) atoms. The summed E-state index contributed by atoms with van der Waals surface area (Å²) in [6.45, 7) is 2.05. The van der Waals surface area contributed by atoms with Gasteiger partial charge in [0.15, 0.2) is 0 Å². The van der Waals surface area contributed by atoms with Crippen LogP contribution < -0.4 is 0 Å². The Morgan fingerprint density at radius 3 is 3.00 bits per heavy atom. The Hall–Kier alpha value is -0.870. The van der Waals surface area contributed by atoms with E-state index in [1.54, 1.807) is 4.68 Å². The molecule has 1 aromatic carbocycles. The zero-order valence-electron chi connectivity index (χ0n) is 8.82. The van der Waals surface area contributed by atoms with Crippen molar-refractivity contribution in [3.63, 3.8) is 0 Å². The second-order valence-electron chi connectivity index (χ2n) is 3.52. The molecule has 84 valence electrons. The zero-order valence-corrected chi connectivity index (χ0v) is 11.2. The van der Waals surface area contributed by atoms with Crippen LogP contribution in [0.3, 0.4) is 0 Å². The van der Waals surface area contributed by atoms with Crippen LogP contribution in [0.2, 0.25) is 0 Å². The highest BCUT2D eigenvalue weighted by molar-refractivity contribution is 9.10. The highest BCUT2D eigenvalue weighted by Gasteiger charge is 2.05. The Labute approximate surface area is 108 Å². The second-order valence-corrected chi connectivity index (χ2v) is 4.82. The summed E-state index contributed by atoms with van der Waals surface area (Å²) in [5, 5.41) is 8.16. The number of hydrogen-bond donors (Lipinski definition) is 0. The molecule has 3 nitrogen and oxygen atoms in total. The maximum atomic E-state index is 5.66. The number of aromatic nitrogens is 3. The van der Waals surface area contributed by atoms with Crippen LogP contribution in [0.4, 0.5) is 0 Å². The zero-order chi connectivity index (χ0) is 11.5. The van der Waals surface area contributed by atoms with Crippen molar-refractivity contribution in [1.82, 2.24) is 15.0 Å². The van der Waals surface area contributed by atoms with Crippen LogP contribution in [0, 0.1) is 6.92 Å². The third-order valence-corrected chi connectivity index (χ3v) is 2.99. The number of alkyl halides is 1. The van der Waals surface area contributed by atoms with Crippen molar-refractivity contribution in [2.75, 3.05) is 5.88 Å². The fraction of sp³-hybridized carbons (Fsp3) is 0.273. The predicted molar refractivity (Wildman–Crippen MR) is 68.2 cm³/mol. The van der Waals surface area contributed by atoms with Gasteiger partial charge in [0.25, 0.3) is 0 Å². The number of aryl methyl sites for hydroxylation is 2. The molecule has 2 aromatic rings. The topological polar surface area (TPSA) is 30.7 Å². The maximum absolute atomic E-state index is 5.66. The second kappa shape index (κ2) is 4.97. The molecule has 0 atom stereocenters. The van der Waals surface area contributed by atoms with Crippen LogP contribution in [-0.4, -0.2) is 20.9 Å². The highest BCUT2D eigenvalue weighted by Crippen LogP contribution is 2.19. The van der Waals surface area contributed by atoms with Gasteiger partial charge in [0.2, 0.25) is 0 Å². The minimum absolute atomic E-state index is 0.566. The van der Waals surface area contributed by atoms with Crippen LogP contribution in [0.15, 0.2) is 28.9 Å². The molecule has 0 unspecified atom stereocenters. The number of nitrogens with zero attached hydrogens (tertiary/aromatic N) is 3. The van der Waals surface area contributed by atoms with Crippen LogP contribution in [0.1, 0.15) is 11.3 Å². The van der Waals surface area contributed by atoms with Crippen molar-refractivity contribution in [1.29, 1.82) is 0 Å². The van der Waals surface area contributed by atoms with Crippen molar-refractivity contribution in [2.24, 2.45) is 0 Å². The van der Waals surface area contributed by atoms with Crippen molar-refractivity contribution < 1.29 is 0 Å². The SMILES string of the molecule is Cc1ccc(Br)cc1-n1cc(CCCl)nn1. The fourth-order valence-corrected chi connectivity index (χ4v) is 2.00. The van der Waals surface area contributed by atoms with Gasteiger partial charge >= 0.3 is 0 Å². The molecular weight excluding hydrogens is 289 g/mol. The molecular formula is C11H11BrClN3. The Bertz CT molecular complexity index is 496. The lowest BCUT2D eigenvalue weighted by Crippen LogP contribution is -1.97. The van der Waals surface area contributed by atoms with E-state index < -0.39 is 0 Å². The first-order chi connectivity index (χ1) is 7.70. The Morgan fingerprint density at radius 2 is 2.25 bits per heavy atom. The third-order valence-electron chi connectivity index (χ3n) is 2.31. The largest absolute Gasteiger partial charge is 0.220 e. The summed E-state index contributed by atoms with van der Waals surface area (Å²) >= 11 is 9.11. The third kappa shape index (κ3) is 2.44. The summed E-state index contributed by atoms with van der Waals surface area (Å²) < 4.78 is 2.81. The quantitative estimate of drug-likeness (QED) is 0.815. The Balaban J connectivity index is 2.38. The van der Waals surface area contributed by atoms with E-state index in [0.29, 0.717) is 5.88 Å². The molecule has 0 saturated heterocycles. The molecule has 0 spiro atoms. The lowest BCUT2D eigenvalue weighted by molar-refractivity contribution is 0.793. The van der Waals surface area contributed by atoms with Gasteiger partial charge in [0.05, 0.1) is 17.6 Å². The van der Waals surface area contributed by atoms with Crippen molar-refractivity contribution in [3.05, 3.63) is 40.1 Å². The number of halogens is 2. The summed E-state index contributed by atoms with van der Waals surface area (Å²) in [7, 11) is 0. The summed E-state index contributed by atoms with van der Waals surface area (Å²) in [5.74, 6) is 0.566. The molecule has 1 heterocycles. The molecule has 2 rings (SSSR count). The Kier molecular flexibility index (Phi) is 3.61. The molecule has 0 aliphatic heterocycles. The van der Waals surface area contributed by atoms with Crippen LogP contribution in [0.5, 0.6) is 0 Å². The smallest absolute Gasteiger partial charge is 0.0843 e. The van der Waals surface area contributed by atoms with Crippen molar-refractivity contribution in [3.8, 4) is 5.69 Å². The van der Waals surface area contributed by atoms with E-state index in [0.717, 1.165) is 27.8 Å². The summed E-state index contributed by atoms with van der Waals surface area (Å²) in [4.78, 5) is 0. The number of rotatable bonds is 3. The van der Waals surface area contributed by atoms with Gasteiger partial charge in [-0.3, -0.25) is 0 Å². The van der Waals surface area contributed by atoms with E-state index in [1.165, 1.54) is 0 Å². The summed E-state index contributed by atoms with van der Waals surface area (Å²) in [6.07, 6.45) is 2.66. The minimum atomic E-state index is 0.566. The number of benzene rings is 1.